The Labute approximate surface area is 152 Å². The molecule has 0 aliphatic heterocycles. The Morgan fingerprint density at radius 1 is 1.12 bits per heavy atom. The maximum Gasteiger partial charge on any atom is 0.244 e. The van der Waals surface area contributed by atoms with Gasteiger partial charge in [0.15, 0.2) is 0 Å². The first-order valence-corrected chi connectivity index (χ1v) is 8.36. The predicted octanol–water partition coefficient (Wildman–Crippen LogP) is 3.96. The fraction of sp³-hybridized carbons (Fsp3) is 0.143. The molecule has 0 atom stereocenters. The van der Waals surface area contributed by atoms with Crippen LogP contribution in [0.5, 0.6) is 0 Å². The number of halogens is 1. The number of benzene rings is 2. The van der Waals surface area contributed by atoms with E-state index < -0.39 is 0 Å². The van der Waals surface area contributed by atoms with Gasteiger partial charge in [0.25, 0.3) is 0 Å². The monoisotopic (exact) mass is 349 g/mol. The van der Waals surface area contributed by atoms with Crippen LogP contribution in [0.15, 0.2) is 60.7 Å². The Hall–Kier alpha value is -3.21. The molecule has 0 spiro atoms. The maximum absolute atomic E-state index is 12.9. The molecular weight excluding hydrogens is 329 g/mol. The molecule has 4 nitrogen and oxygen atoms in total. The molecule has 3 rings (SSSR count). The third-order valence-electron chi connectivity index (χ3n) is 4.18. The highest BCUT2D eigenvalue weighted by atomic mass is 19.1. The van der Waals surface area contributed by atoms with Gasteiger partial charge in [-0.2, -0.15) is 5.10 Å². The zero-order valence-corrected chi connectivity index (χ0v) is 14.7. The molecule has 1 N–H and O–H groups in total. The van der Waals surface area contributed by atoms with Gasteiger partial charge >= 0.3 is 0 Å². The summed E-state index contributed by atoms with van der Waals surface area (Å²) in [6, 6.07) is 15.9. The minimum Gasteiger partial charge on any atom is -0.348 e. The number of hydrogen-bond acceptors (Lipinski definition) is 2. The Morgan fingerprint density at radius 3 is 2.50 bits per heavy atom. The summed E-state index contributed by atoms with van der Waals surface area (Å²) in [7, 11) is 0. The predicted molar refractivity (Wildman–Crippen MR) is 100 cm³/mol. The second-order valence-corrected chi connectivity index (χ2v) is 6.00. The topological polar surface area (TPSA) is 46.9 Å². The van der Waals surface area contributed by atoms with E-state index in [1.54, 1.807) is 18.2 Å². The van der Waals surface area contributed by atoms with Crippen LogP contribution in [0.25, 0.3) is 11.8 Å². The number of amides is 1. The number of aryl methyl sites for hydroxylation is 1. The summed E-state index contributed by atoms with van der Waals surface area (Å²) in [6.45, 7) is 4.32. The molecule has 0 aliphatic rings. The number of nitrogens with zero attached hydrogens (tertiary/aromatic N) is 2. The average Bonchev–Trinajstić information content (AvgIpc) is 2.94. The molecule has 3 aromatic rings. The van der Waals surface area contributed by atoms with E-state index in [0.717, 1.165) is 28.2 Å². The molecule has 0 unspecified atom stereocenters. The quantitative estimate of drug-likeness (QED) is 0.709. The highest BCUT2D eigenvalue weighted by Gasteiger charge is 2.12. The lowest BCUT2D eigenvalue weighted by Crippen LogP contribution is -2.21. The molecule has 0 saturated heterocycles. The van der Waals surface area contributed by atoms with Crippen molar-refractivity contribution in [3.8, 4) is 5.69 Å². The zero-order chi connectivity index (χ0) is 18.5. The lowest BCUT2D eigenvalue weighted by molar-refractivity contribution is -0.116. The van der Waals surface area contributed by atoms with Gasteiger partial charge in [-0.05, 0) is 49.8 Å². The van der Waals surface area contributed by atoms with Gasteiger partial charge in [-0.15, -0.1) is 0 Å². The molecular formula is C21H20FN3O. The number of carbonyl (C=O) groups excluding carboxylic acids is 1. The molecule has 132 valence electrons. The van der Waals surface area contributed by atoms with Crippen LogP contribution < -0.4 is 5.32 Å². The number of rotatable bonds is 5. The van der Waals surface area contributed by atoms with Crippen molar-refractivity contribution >= 4 is 12.0 Å². The van der Waals surface area contributed by atoms with E-state index in [2.05, 4.69) is 10.4 Å². The number of aromatic nitrogens is 2. The van der Waals surface area contributed by atoms with Crippen molar-refractivity contribution in [2.45, 2.75) is 20.4 Å². The Kier molecular flexibility index (Phi) is 5.27. The molecule has 1 aromatic heterocycles. The number of nitrogens with one attached hydrogen (secondary N) is 1. The third-order valence-corrected chi connectivity index (χ3v) is 4.18. The summed E-state index contributed by atoms with van der Waals surface area (Å²) >= 11 is 0. The van der Waals surface area contributed by atoms with E-state index in [1.165, 1.54) is 18.2 Å². The van der Waals surface area contributed by atoms with Crippen molar-refractivity contribution in [1.29, 1.82) is 0 Å². The van der Waals surface area contributed by atoms with Gasteiger partial charge in [0.2, 0.25) is 5.91 Å². The molecule has 1 heterocycles. The first-order valence-electron chi connectivity index (χ1n) is 8.36. The first-order chi connectivity index (χ1) is 12.5. The van der Waals surface area contributed by atoms with E-state index in [0.29, 0.717) is 6.54 Å². The molecule has 2 aromatic carbocycles. The van der Waals surface area contributed by atoms with E-state index in [4.69, 9.17) is 0 Å². The van der Waals surface area contributed by atoms with Crippen molar-refractivity contribution in [3.05, 3.63) is 89.0 Å². The normalized spacial score (nSPS) is 11.0. The molecule has 5 heteroatoms. The zero-order valence-electron chi connectivity index (χ0n) is 14.7. The standard InChI is InChI=1S/C21H20FN3O/c1-15-20(16(2)25(24-15)19-6-4-3-5-7-19)14-23-21(26)13-10-17-8-11-18(22)12-9-17/h3-13H,14H2,1-2H3,(H,23,26)/b13-10+. The van der Waals surface area contributed by atoms with Gasteiger partial charge in [-0.25, -0.2) is 9.07 Å². The summed E-state index contributed by atoms with van der Waals surface area (Å²) in [6.07, 6.45) is 3.10. The van der Waals surface area contributed by atoms with Crippen molar-refractivity contribution in [1.82, 2.24) is 15.1 Å². The fourth-order valence-electron chi connectivity index (χ4n) is 2.73. The highest BCUT2D eigenvalue weighted by molar-refractivity contribution is 5.91. The van der Waals surface area contributed by atoms with Crippen LogP contribution in [0.4, 0.5) is 4.39 Å². The number of carbonyl (C=O) groups is 1. The van der Waals surface area contributed by atoms with Crippen LogP contribution in [0.1, 0.15) is 22.5 Å². The van der Waals surface area contributed by atoms with E-state index in [1.807, 2.05) is 48.9 Å². The second-order valence-electron chi connectivity index (χ2n) is 6.00. The Balaban J connectivity index is 1.67. The maximum atomic E-state index is 12.9. The van der Waals surface area contributed by atoms with E-state index in [-0.39, 0.29) is 11.7 Å². The smallest absolute Gasteiger partial charge is 0.244 e. The van der Waals surface area contributed by atoms with Gasteiger partial charge in [0, 0.05) is 23.9 Å². The van der Waals surface area contributed by atoms with Crippen LogP contribution in [0, 0.1) is 19.7 Å². The molecule has 0 bridgehead atoms. The molecule has 26 heavy (non-hydrogen) atoms. The summed E-state index contributed by atoms with van der Waals surface area (Å²) < 4.78 is 14.8. The van der Waals surface area contributed by atoms with E-state index in [9.17, 15) is 9.18 Å². The summed E-state index contributed by atoms with van der Waals surface area (Å²) in [5, 5.41) is 7.45. The van der Waals surface area contributed by atoms with Crippen molar-refractivity contribution in [3.63, 3.8) is 0 Å². The van der Waals surface area contributed by atoms with Crippen LogP contribution in [0.3, 0.4) is 0 Å². The number of para-hydroxylation sites is 1. The van der Waals surface area contributed by atoms with Gasteiger partial charge in [-0.3, -0.25) is 4.79 Å². The highest BCUT2D eigenvalue weighted by Crippen LogP contribution is 2.17. The summed E-state index contributed by atoms with van der Waals surface area (Å²) in [5.74, 6) is -0.506. The van der Waals surface area contributed by atoms with Crippen molar-refractivity contribution < 1.29 is 9.18 Å². The fourth-order valence-corrected chi connectivity index (χ4v) is 2.73. The van der Waals surface area contributed by atoms with Crippen molar-refractivity contribution in [2.75, 3.05) is 0 Å². The van der Waals surface area contributed by atoms with Crippen LogP contribution in [-0.4, -0.2) is 15.7 Å². The molecule has 0 fully saturated rings. The van der Waals surface area contributed by atoms with Gasteiger partial charge in [-0.1, -0.05) is 30.3 Å². The minimum absolute atomic E-state index is 0.208. The SMILES string of the molecule is Cc1nn(-c2ccccc2)c(C)c1CNC(=O)/C=C/c1ccc(F)cc1. The lowest BCUT2D eigenvalue weighted by Gasteiger charge is -2.06. The number of hydrogen-bond donors (Lipinski definition) is 1. The lowest BCUT2D eigenvalue weighted by atomic mass is 10.2. The van der Waals surface area contributed by atoms with Crippen LogP contribution >= 0.6 is 0 Å². The van der Waals surface area contributed by atoms with E-state index >= 15 is 0 Å². The Morgan fingerprint density at radius 2 is 1.81 bits per heavy atom. The molecule has 0 saturated carbocycles. The largest absolute Gasteiger partial charge is 0.348 e. The van der Waals surface area contributed by atoms with Crippen LogP contribution in [0.2, 0.25) is 0 Å². The second kappa shape index (κ2) is 7.78. The third kappa shape index (κ3) is 4.06. The first kappa shape index (κ1) is 17.6. The molecule has 0 aliphatic carbocycles. The Bertz CT molecular complexity index is 928. The summed E-state index contributed by atoms with van der Waals surface area (Å²) in [5.41, 5.74) is 4.63. The molecule has 0 radical (unpaired) electrons. The molecule has 1 amide bonds. The average molecular weight is 349 g/mol. The van der Waals surface area contributed by atoms with Gasteiger partial charge in [0.1, 0.15) is 5.82 Å². The minimum atomic E-state index is -0.298. The summed E-state index contributed by atoms with van der Waals surface area (Å²) in [4.78, 5) is 12.1. The van der Waals surface area contributed by atoms with Crippen molar-refractivity contribution in [2.24, 2.45) is 0 Å². The van der Waals surface area contributed by atoms with Gasteiger partial charge in [0.05, 0.1) is 11.4 Å². The van der Waals surface area contributed by atoms with Crippen LogP contribution in [-0.2, 0) is 11.3 Å². The van der Waals surface area contributed by atoms with Gasteiger partial charge < -0.3 is 5.32 Å².